The molecule has 0 unspecified atom stereocenters. The summed E-state index contributed by atoms with van der Waals surface area (Å²) in [6, 6.07) is 7.39. The Morgan fingerprint density at radius 1 is 1.28 bits per heavy atom. The molecule has 3 heterocycles. The largest absolute Gasteiger partial charge is 0.330 e. The number of nitrogens with zero attached hydrogens (tertiary/aromatic N) is 3. The van der Waals surface area contributed by atoms with Crippen LogP contribution in [0, 0.1) is 5.92 Å². The van der Waals surface area contributed by atoms with E-state index in [1.54, 1.807) is 21.4 Å². The minimum Gasteiger partial charge on any atom is -0.330 e. The SMILES string of the molecule is CCc1ccc(N2C[C@H](C(=O)N3CCC[C@@H]3C(=O)Nc3nccs3)CC2=O)cc1. The second-order valence-electron chi connectivity index (χ2n) is 7.44. The van der Waals surface area contributed by atoms with Crippen LogP contribution in [0.1, 0.15) is 31.7 Å². The third kappa shape index (κ3) is 4.03. The number of carbonyl (C=O) groups is 3. The first-order valence-electron chi connectivity index (χ1n) is 9.97. The Morgan fingerprint density at radius 3 is 2.76 bits per heavy atom. The van der Waals surface area contributed by atoms with Crippen LogP contribution in [0.2, 0.25) is 0 Å². The van der Waals surface area contributed by atoms with Crippen LogP contribution < -0.4 is 10.2 Å². The lowest BCUT2D eigenvalue weighted by molar-refractivity contribution is -0.140. The van der Waals surface area contributed by atoms with Crippen molar-refractivity contribution in [3.05, 3.63) is 41.4 Å². The Balaban J connectivity index is 1.43. The molecular formula is C21H24N4O3S. The van der Waals surface area contributed by atoms with E-state index in [1.807, 2.05) is 24.3 Å². The Bertz CT molecular complexity index is 897. The summed E-state index contributed by atoms with van der Waals surface area (Å²) >= 11 is 1.35. The van der Waals surface area contributed by atoms with E-state index in [4.69, 9.17) is 0 Å². The number of thiazole rings is 1. The number of hydrogen-bond donors (Lipinski definition) is 1. The molecule has 1 N–H and O–H groups in total. The molecule has 0 aliphatic carbocycles. The number of hydrogen-bond acceptors (Lipinski definition) is 5. The molecular weight excluding hydrogens is 388 g/mol. The van der Waals surface area contributed by atoms with Crippen molar-refractivity contribution >= 4 is 39.9 Å². The van der Waals surface area contributed by atoms with Gasteiger partial charge in [-0.1, -0.05) is 19.1 Å². The number of aromatic nitrogens is 1. The highest BCUT2D eigenvalue weighted by Gasteiger charge is 2.42. The molecule has 2 saturated heterocycles. The average Bonchev–Trinajstić information content (AvgIpc) is 3.48. The van der Waals surface area contributed by atoms with Gasteiger partial charge in [-0.3, -0.25) is 14.4 Å². The van der Waals surface area contributed by atoms with Gasteiger partial charge in [0.05, 0.1) is 5.92 Å². The molecule has 0 spiro atoms. The van der Waals surface area contributed by atoms with E-state index in [1.165, 1.54) is 16.9 Å². The smallest absolute Gasteiger partial charge is 0.248 e. The van der Waals surface area contributed by atoms with E-state index in [2.05, 4.69) is 17.2 Å². The Hall–Kier alpha value is -2.74. The number of anilines is 2. The van der Waals surface area contributed by atoms with Gasteiger partial charge in [-0.15, -0.1) is 11.3 Å². The van der Waals surface area contributed by atoms with Crippen molar-refractivity contribution in [2.24, 2.45) is 5.92 Å². The van der Waals surface area contributed by atoms with Crippen molar-refractivity contribution in [3.63, 3.8) is 0 Å². The maximum atomic E-state index is 13.1. The minimum absolute atomic E-state index is 0.0458. The first-order valence-corrected chi connectivity index (χ1v) is 10.8. The van der Waals surface area contributed by atoms with Gasteiger partial charge in [0.1, 0.15) is 6.04 Å². The van der Waals surface area contributed by atoms with Crippen LogP contribution >= 0.6 is 11.3 Å². The van der Waals surface area contributed by atoms with Gasteiger partial charge in [0.15, 0.2) is 5.13 Å². The van der Waals surface area contributed by atoms with Crippen molar-refractivity contribution in [1.82, 2.24) is 9.88 Å². The highest BCUT2D eigenvalue weighted by Crippen LogP contribution is 2.29. The lowest BCUT2D eigenvalue weighted by atomic mass is 10.1. The van der Waals surface area contributed by atoms with Gasteiger partial charge >= 0.3 is 0 Å². The Morgan fingerprint density at radius 2 is 2.07 bits per heavy atom. The number of likely N-dealkylation sites (tertiary alicyclic amines) is 1. The molecule has 29 heavy (non-hydrogen) atoms. The average molecular weight is 413 g/mol. The fraction of sp³-hybridized carbons (Fsp3) is 0.429. The molecule has 2 aromatic rings. The van der Waals surface area contributed by atoms with Gasteiger partial charge in [-0.05, 0) is 37.0 Å². The molecule has 0 bridgehead atoms. The third-order valence-corrected chi connectivity index (χ3v) is 6.32. The molecule has 7 nitrogen and oxygen atoms in total. The summed E-state index contributed by atoms with van der Waals surface area (Å²) in [5, 5.41) is 5.12. The normalized spacial score (nSPS) is 21.6. The van der Waals surface area contributed by atoms with Crippen molar-refractivity contribution in [3.8, 4) is 0 Å². The second-order valence-corrected chi connectivity index (χ2v) is 8.34. The van der Waals surface area contributed by atoms with Crippen LogP contribution in [0.5, 0.6) is 0 Å². The minimum atomic E-state index is -0.501. The van der Waals surface area contributed by atoms with E-state index in [-0.39, 0.29) is 24.1 Å². The summed E-state index contributed by atoms with van der Waals surface area (Å²) in [6.45, 7) is 2.99. The number of aryl methyl sites for hydroxylation is 1. The first-order chi connectivity index (χ1) is 14.1. The number of carbonyl (C=O) groups excluding carboxylic acids is 3. The van der Waals surface area contributed by atoms with E-state index in [9.17, 15) is 14.4 Å². The van der Waals surface area contributed by atoms with Crippen molar-refractivity contribution < 1.29 is 14.4 Å². The highest BCUT2D eigenvalue weighted by molar-refractivity contribution is 7.13. The number of nitrogens with one attached hydrogen (secondary N) is 1. The molecule has 2 aliphatic rings. The van der Waals surface area contributed by atoms with E-state index < -0.39 is 12.0 Å². The summed E-state index contributed by atoms with van der Waals surface area (Å²) in [5.74, 6) is -0.776. The summed E-state index contributed by atoms with van der Waals surface area (Å²) in [6.07, 6.45) is 4.17. The van der Waals surface area contributed by atoms with Crippen LogP contribution in [-0.4, -0.2) is 46.7 Å². The lowest BCUT2D eigenvalue weighted by Crippen LogP contribution is -2.46. The quantitative estimate of drug-likeness (QED) is 0.819. The predicted molar refractivity (Wildman–Crippen MR) is 112 cm³/mol. The zero-order chi connectivity index (χ0) is 20.4. The maximum Gasteiger partial charge on any atom is 0.248 e. The molecule has 152 valence electrons. The summed E-state index contributed by atoms with van der Waals surface area (Å²) in [5.41, 5.74) is 2.03. The van der Waals surface area contributed by atoms with Crippen LogP contribution in [0.3, 0.4) is 0 Å². The molecule has 2 aliphatic heterocycles. The standard InChI is InChI=1S/C21H24N4O3S/c1-2-14-5-7-16(8-6-14)25-13-15(12-18(25)26)20(28)24-10-3-4-17(24)19(27)23-21-22-9-11-29-21/h5-9,11,15,17H,2-4,10,12-13H2,1H3,(H,22,23,27)/t15-,17-/m1/s1. The molecule has 2 fully saturated rings. The van der Waals surface area contributed by atoms with Gasteiger partial charge in [-0.2, -0.15) is 0 Å². The van der Waals surface area contributed by atoms with Gasteiger partial charge in [-0.25, -0.2) is 4.98 Å². The molecule has 0 saturated carbocycles. The Kier molecular flexibility index (Phi) is 5.62. The monoisotopic (exact) mass is 412 g/mol. The predicted octanol–water partition coefficient (Wildman–Crippen LogP) is 2.69. The van der Waals surface area contributed by atoms with Gasteiger partial charge in [0.2, 0.25) is 17.7 Å². The van der Waals surface area contributed by atoms with Crippen molar-refractivity contribution in [1.29, 1.82) is 0 Å². The third-order valence-electron chi connectivity index (χ3n) is 5.63. The highest BCUT2D eigenvalue weighted by atomic mass is 32.1. The first kappa shape index (κ1) is 19.6. The summed E-state index contributed by atoms with van der Waals surface area (Å²) in [4.78, 5) is 45.7. The van der Waals surface area contributed by atoms with Crippen molar-refractivity contribution in [2.45, 2.75) is 38.6 Å². The molecule has 3 amide bonds. The fourth-order valence-electron chi connectivity index (χ4n) is 4.05. The zero-order valence-electron chi connectivity index (χ0n) is 16.3. The molecule has 0 radical (unpaired) electrons. The number of rotatable bonds is 5. The fourth-order valence-corrected chi connectivity index (χ4v) is 4.58. The van der Waals surface area contributed by atoms with E-state index >= 15 is 0 Å². The van der Waals surface area contributed by atoms with Crippen LogP contribution in [0.4, 0.5) is 10.8 Å². The second kappa shape index (κ2) is 8.32. The van der Waals surface area contributed by atoms with Gasteiger partial charge in [0.25, 0.3) is 0 Å². The van der Waals surface area contributed by atoms with Crippen molar-refractivity contribution in [2.75, 3.05) is 23.3 Å². The molecule has 4 rings (SSSR count). The molecule has 8 heteroatoms. The zero-order valence-corrected chi connectivity index (χ0v) is 17.2. The summed E-state index contributed by atoms with van der Waals surface area (Å²) in [7, 11) is 0. The Labute approximate surface area is 173 Å². The topological polar surface area (TPSA) is 82.6 Å². The van der Waals surface area contributed by atoms with Gasteiger partial charge < -0.3 is 15.1 Å². The van der Waals surface area contributed by atoms with E-state index in [0.717, 1.165) is 18.5 Å². The lowest BCUT2D eigenvalue weighted by Gasteiger charge is -2.26. The number of amides is 3. The molecule has 1 aromatic heterocycles. The maximum absolute atomic E-state index is 13.1. The van der Waals surface area contributed by atoms with E-state index in [0.29, 0.717) is 24.6 Å². The molecule has 2 atom stereocenters. The van der Waals surface area contributed by atoms with Crippen LogP contribution in [0.15, 0.2) is 35.8 Å². The molecule has 1 aromatic carbocycles. The van der Waals surface area contributed by atoms with Crippen LogP contribution in [0.25, 0.3) is 0 Å². The van der Waals surface area contributed by atoms with Crippen LogP contribution in [-0.2, 0) is 20.8 Å². The van der Waals surface area contributed by atoms with Gasteiger partial charge in [0, 0.05) is 36.8 Å². The summed E-state index contributed by atoms with van der Waals surface area (Å²) < 4.78 is 0. The number of benzene rings is 1.